The lowest BCUT2D eigenvalue weighted by Crippen LogP contribution is -2.28. The van der Waals surface area contributed by atoms with E-state index in [4.69, 9.17) is 5.73 Å². The number of nitrogens with two attached hydrogens (primary N) is 1. The van der Waals surface area contributed by atoms with E-state index in [2.05, 4.69) is 5.32 Å². The number of aliphatic hydroxyl groups is 1. The lowest BCUT2D eigenvalue weighted by Gasteiger charge is -2.27. The van der Waals surface area contributed by atoms with Crippen molar-refractivity contribution in [1.82, 2.24) is 0 Å². The van der Waals surface area contributed by atoms with Crippen molar-refractivity contribution < 1.29 is 9.90 Å². The molecule has 1 aliphatic rings. The number of para-hydroxylation sites is 1. The van der Waals surface area contributed by atoms with Crippen LogP contribution in [0.4, 0.5) is 5.69 Å². The number of anilines is 1. The number of aliphatic hydroxyl groups excluding tert-OH is 1. The van der Waals surface area contributed by atoms with E-state index < -0.39 is 0 Å². The molecule has 0 unspecified atom stereocenters. The fraction of sp³-hybridized carbons (Fsp3) is 0.500. The highest BCUT2D eigenvalue weighted by Crippen LogP contribution is 2.24. The van der Waals surface area contributed by atoms with Crippen LogP contribution < -0.4 is 11.1 Å². The third kappa shape index (κ3) is 3.47. The Morgan fingerprint density at radius 1 is 1.28 bits per heavy atom. The second-order valence-electron chi connectivity index (χ2n) is 4.95. The molecule has 0 radical (unpaired) electrons. The molecule has 1 amide bonds. The molecule has 4 N–H and O–H groups in total. The van der Waals surface area contributed by atoms with Gasteiger partial charge < -0.3 is 16.2 Å². The summed E-state index contributed by atoms with van der Waals surface area (Å²) in [5, 5.41) is 12.9. The largest absolute Gasteiger partial charge is 0.393 e. The maximum absolute atomic E-state index is 11.0. The monoisotopic (exact) mass is 248 g/mol. The summed E-state index contributed by atoms with van der Waals surface area (Å²) in [6, 6.07) is 8.13. The van der Waals surface area contributed by atoms with E-state index in [-0.39, 0.29) is 18.4 Å². The van der Waals surface area contributed by atoms with Gasteiger partial charge in [-0.15, -0.1) is 0 Å². The molecule has 0 aliphatic heterocycles. The first kappa shape index (κ1) is 12.9. The predicted molar refractivity (Wildman–Crippen MR) is 71.2 cm³/mol. The first-order valence-corrected chi connectivity index (χ1v) is 6.46. The number of hydrogen-bond acceptors (Lipinski definition) is 3. The van der Waals surface area contributed by atoms with Gasteiger partial charge in [0.2, 0.25) is 5.91 Å². The fourth-order valence-electron chi connectivity index (χ4n) is 2.44. The van der Waals surface area contributed by atoms with Crippen LogP contribution in [0.5, 0.6) is 0 Å². The van der Waals surface area contributed by atoms with Crippen molar-refractivity contribution >= 4 is 11.6 Å². The van der Waals surface area contributed by atoms with Gasteiger partial charge in [0, 0.05) is 11.7 Å². The molecule has 0 aromatic heterocycles. The number of carbonyl (C=O) groups excluding carboxylic acids is 1. The van der Waals surface area contributed by atoms with Gasteiger partial charge in [-0.1, -0.05) is 18.2 Å². The van der Waals surface area contributed by atoms with Crippen LogP contribution in [0.25, 0.3) is 0 Å². The van der Waals surface area contributed by atoms with E-state index >= 15 is 0 Å². The van der Waals surface area contributed by atoms with Crippen LogP contribution in [-0.2, 0) is 11.2 Å². The number of rotatable bonds is 4. The summed E-state index contributed by atoms with van der Waals surface area (Å²) >= 11 is 0. The average molecular weight is 248 g/mol. The van der Waals surface area contributed by atoms with Crippen LogP contribution >= 0.6 is 0 Å². The smallest absolute Gasteiger partial charge is 0.221 e. The number of primary amides is 1. The van der Waals surface area contributed by atoms with Gasteiger partial charge in [0.15, 0.2) is 0 Å². The Hall–Kier alpha value is -1.55. The van der Waals surface area contributed by atoms with Crippen LogP contribution in [-0.4, -0.2) is 23.2 Å². The topological polar surface area (TPSA) is 75.4 Å². The number of nitrogens with one attached hydrogen (secondary N) is 1. The normalized spacial score (nSPS) is 23.6. The summed E-state index contributed by atoms with van der Waals surface area (Å²) in [6.07, 6.45) is 3.73. The number of carbonyl (C=O) groups is 1. The van der Waals surface area contributed by atoms with Gasteiger partial charge in [-0.25, -0.2) is 0 Å². The second kappa shape index (κ2) is 5.87. The van der Waals surface area contributed by atoms with Crippen LogP contribution in [0.1, 0.15) is 31.2 Å². The molecule has 0 bridgehead atoms. The molecule has 18 heavy (non-hydrogen) atoms. The van der Waals surface area contributed by atoms with E-state index in [0.717, 1.165) is 36.9 Å². The molecule has 1 aromatic carbocycles. The zero-order valence-corrected chi connectivity index (χ0v) is 10.4. The van der Waals surface area contributed by atoms with Crippen LogP contribution in [0.15, 0.2) is 24.3 Å². The van der Waals surface area contributed by atoms with Gasteiger partial charge in [-0.05, 0) is 37.3 Å². The summed E-state index contributed by atoms with van der Waals surface area (Å²) in [7, 11) is 0. The Morgan fingerprint density at radius 3 is 2.61 bits per heavy atom. The van der Waals surface area contributed by atoms with Crippen molar-refractivity contribution in [3.8, 4) is 0 Å². The second-order valence-corrected chi connectivity index (χ2v) is 4.95. The van der Waals surface area contributed by atoms with Crippen LogP contribution in [0, 0.1) is 0 Å². The van der Waals surface area contributed by atoms with Crippen molar-refractivity contribution in [2.24, 2.45) is 5.73 Å². The minimum Gasteiger partial charge on any atom is -0.393 e. The summed E-state index contributed by atoms with van der Waals surface area (Å²) in [5.41, 5.74) is 7.17. The van der Waals surface area contributed by atoms with E-state index in [0.29, 0.717) is 6.04 Å². The molecular formula is C14H20N2O2. The molecule has 1 fully saturated rings. The number of amides is 1. The highest BCUT2D eigenvalue weighted by Gasteiger charge is 2.19. The minimum absolute atomic E-state index is 0.149. The zero-order valence-electron chi connectivity index (χ0n) is 10.4. The Labute approximate surface area is 107 Å². The van der Waals surface area contributed by atoms with Gasteiger partial charge in [0.25, 0.3) is 0 Å². The zero-order chi connectivity index (χ0) is 13.0. The molecule has 4 heteroatoms. The molecule has 0 saturated heterocycles. The predicted octanol–water partition coefficient (Wildman–Crippen LogP) is 1.43. The number of benzene rings is 1. The highest BCUT2D eigenvalue weighted by atomic mass is 16.3. The Balaban J connectivity index is 2.02. The van der Waals surface area contributed by atoms with E-state index in [1.54, 1.807) is 0 Å². The quantitative estimate of drug-likeness (QED) is 0.754. The van der Waals surface area contributed by atoms with Gasteiger partial charge >= 0.3 is 0 Å². The number of hydrogen-bond donors (Lipinski definition) is 3. The lowest BCUT2D eigenvalue weighted by molar-refractivity contribution is -0.117. The maximum Gasteiger partial charge on any atom is 0.221 e. The summed E-state index contributed by atoms with van der Waals surface area (Å²) in [5.74, 6) is -0.316. The van der Waals surface area contributed by atoms with Crippen molar-refractivity contribution in [3.05, 3.63) is 29.8 Å². The molecule has 1 aromatic rings. The third-order valence-electron chi connectivity index (χ3n) is 3.44. The standard InChI is InChI=1S/C14H20N2O2/c15-14(18)9-10-3-1-2-4-13(10)16-11-5-7-12(17)8-6-11/h1-4,11-12,16-17H,5-9H2,(H2,15,18). The van der Waals surface area contributed by atoms with Crippen molar-refractivity contribution in [2.75, 3.05) is 5.32 Å². The molecule has 0 spiro atoms. The van der Waals surface area contributed by atoms with E-state index in [9.17, 15) is 9.90 Å². The van der Waals surface area contributed by atoms with Crippen molar-refractivity contribution in [1.29, 1.82) is 0 Å². The first-order valence-electron chi connectivity index (χ1n) is 6.46. The Kier molecular flexibility index (Phi) is 4.20. The highest BCUT2D eigenvalue weighted by molar-refractivity contribution is 5.78. The molecule has 1 saturated carbocycles. The van der Waals surface area contributed by atoms with Crippen molar-refractivity contribution in [2.45, 2.75) is 44.2 Å². The van der Waals surface area contributed by atoms with Gasteiger partial charge in [-0.3, -0.25) is 4.79 Å². The molecular weight excluding hydrogens is 228 g/mol. The Morgan fingerprint density at radius 2 is 1.94 bits per heavy atom. The van der Waals surface area contributed by atoms with E-state index in [1.165, 1.54) is 0 Å². The maximum atomic E-state index is 11.0. The van der Waals surface area contributed by atoms with Crippen LogP contribution in [0.3, 0.4) is 0 Å². The SMILES string of the molecule is NC(=O)Cc1ccccc1NC1CCC(O)CC1. The molecule has 1 aliphatic carbocycles. The lowest BCUT2D eigenvalue weighted by atomic mass is 9.92. The third-order valence-corrected chi connectivity index (χ3v) is 3.44. The molecule has 0 heterocycles. The van der Waals surface area contributed by atoms with Crippen LogP contribution in [0.2, 0.25) is 0 Å². The summed E-state index contributed by atoms with van der Waals surface area (Å²) in [6.45, 7) is 0. The van der Waals surface area contributed by atoms with Gasteiger partial charge in [0.1, 0.15) is 0 Å². The molecule has 4 nitrogen and oxygen atoms in total. The van der Waals surface area contributed by atoms with Gasteiger partial charge in [-0.2, -0.15) is 0 Å². The molecule has 98 valence electrons. The molecule has 0 atom stereocenters. The average Bonchev–Trinajstić information content (AvgIpc) is 2.34. The van der Waals surface area contributed by atoms with E-state index in [1.807, 2.05) is 24.3 Å². The van der Waals surface area contributed by atoms with Gasteiger partial charge in [0.05, 0.1) is 12.5 Å². The minimum atomic E-state index is -0.316. The summed E-state index contributed by atoms with van der Waals surface area (Å²) < 4.78 is 0. The Bertz CT molecular complexity index is 412. The van der Waals surface area contributed by atoms with Crippen molar-refractivity contribution in [3.63, 3.8) is 0 Å². The summed E-state index contributed by atoms with van der Waals surface area (Å²) in [4.78, 5) is 11.0. The first-order chi connectivity index (χ1) is 8.65. The fourth-order valence-corrected chi connectivity index (χ4v) is 2.44. The molecule has 2 rings (SSSR count).